The van der Waals surface area contributed by atoms with E-state index < -0.39 is 10.3 Å². The monoisotopic (exact) mass is 432 g/mol. The third-order valence-electron chi connectivity index (χ3n) is 5.68. The summed E-state index contributed by atoms with van der Waals surface area (Å²) in [4.78, 5) is 0. The number of rotatable bonds is 4. The number of hydrogen-bond acceptors (Lipinski definition) is 4. The van der Waals surface area contributed by atoms with Crippen molar-refractivity contribution in [2.24, 2.45) is 0 Å². The van der Waals surface area contributed by atoms with Gasteiger partial charge < -0.3 is 10.1 Å². The van der Waals surface area contributed by atoms with E-state index in [0.29, 0.717) is 0 Å². The van der Waals surface area contributed by atoms with Crippen LogP contribution in [0.5, 0.6) is 0 Å². The van der Waals surface area contributed by atoms with E-state index >= 15 is 0 Å². The van der Waals surface area contributed by atoms with Crippen molar-refractivity contribution in [1.29, 1.82) is 0 Å². The molecule has 1 saturated heterocycles. The molecule has 4 rings (SSSR count). The maximum Gasteiger partial charge on any atom is 0.333 e. The second-order valence-corrected chi connectivity index (χ2v) is 9.02. The molecular weight excluding hydrogens is 400 g/mol. The molecule has 1 aliphatic carbocycles. The fourth-order valence-electron chi connectivity index (χ4n) is 4.23. The Labute approximate surface area is 179 Å². The van der Waals surface area contributed by atoms with Crippen LogP contribution in [0.25, 0.3) is 0 Å². The molecule has 0 spiro atoms. The third kappa shape index (κ3) is 6.62. The van der Waals surface area contributed by atoms with Crippen molar-refractivity contribution in [3.8, 4) is 0 Å². The normalized spacial score (nSPS) is 19.9. The molecule has 2 aliphatic rings. The number of hydrogen-bond donors (Lipinski definition) is 3. The SMILES string of the molecule is O=S(=O)(O)NC1CCCCC1.c1ccc(C2(c3ccccc3)CCNCCO2)cc1. The van der Waals surface area contributed by atoms with Crippen molar-refractivity contribution < 1.29 is 17.7 Å². The second kappa shape index (κ2) is 11.0. The molecule has 0 radical (unpaired) electrons. The van der Waals surface area contributed by atoms with Crippen LogP contribution in [0.15, 0.2) is 60.7 Å². The van der Waals surface area contributed by atoms with Gasteiger partial charge in [-0.3, -0.25) is 4.55 Å². The summed E-state index contributed by atoms with van der Waals surface area (Å²) in [5, 5.41) is 3.42. The predicted octanol–water partition coefficient (Wildman–Crippen LogP) is 3.65. The van der Waals surface area contributed by atoms with Crippen LogP contribution in [0.1, 0.15) is 49.7 Å². The van der Waals surface area contributed by atoms with E-state index in [1.165, 1.54) is 17.5 Å². The Morgan fingerprint density at radius 2 is 1.47 bits per heavy atom. The predicted molar refractivity (Wildman–Crippen MR) is 119 cm³/mol. The summed E-state index contributed by atoms with van der Waals surface area (Å²) in [6.07, 6.45) is 5.92. The van der Waals surface area contributed by atoms with Crippen molar-refractivity contribution in [3.63, 3.8) is 0 Å². The van der Waals surface area contributed by atoms with E-state index in [0.717, 1.165) is 51.8 Å². The van der Waals surface area contributed by atoms with Gasteiger partial charge in [0.1, 0.15) is 5.60 Å². The minimum Gasteiger partial charge on any atom is -0.364 e. The Balaban J connectivity index is 0.000000199. The Morgan fingerprint density at radius 3 is 2.00 bits per heavy atom. The van der Waals surface area contributed by atoms with Gasteiger partial charge in [0, 0.05) is 12.6 Å². The van der Waals surface area contributed by atoms with Crippen LogP contribution in [-0.2, 0) is 20.6 Å². The van der Waals surface area contributed by atoms with Gasteiger partial charge in [0.2, 0.25) is 0 Å². The quantitative estimate of drug-likeness (QED) is 0.642. The van der Waals surface area contributed by atoms with Crippen molar-refractivity contribution in [1.82, 2.24) is 10.0 Å². The van der Waals surface area contributed by atoms with E-state index in [9.17, 15) is 8.42 Å². The molecule has 0 atom stereocenters. The smallest absolute Gasteiger partial charge is 0.333 e. The zero-order valence-corrected chi connectivity index (χ0v) is 18.1. The average molecular weight is 433 g/mol. The molecule has 3 N–H and O–H groups in total. The van der Waals surface area contributed by atoms with Gasteiger partial charge in [-0.05, 0) is 36.9 Å². The van der Waals surface area contributed by atoms with Crippen molar-refractivity contribution in [2.45, 2.75) is 50.2 Å². The summed E-state index contributed by atoms with van der Waals surface area (Å²) in [6, 6.07) is 21.1. The van der Waals surface area contributed by atoms with E-state index in [-0.39, 0.29) is 11.6 Å². The van der Waals surface area contributed by atoms with Gasteiger partial charge in [0.05, 0.1) is 6.61 Å². The largest absolute Gasteiger partial charge is 0.364 e. The molecule has 0 unspecified atom stereocenters. The molecule has 2 aromatic carbocycles. The van der Waals surface area contributed by atoms with Gasteiger partial charge in [-0.1, -0.05) is 79.9 Å². The molecule has 2 fully saturated rings. The lowest BCUT2D eigenvalue weighted by atomic mass is 9.83. The minimum absolute atomic E-state index is 0.0428. The standard InChI is InChI=1S/C17H19NO.C6H13NO3S/c1-3-7-15(8-4-1)17(11-12-18-13-14-19-17)16-9-5-2-6-10-16;8-11(9,10)7-6-4-2-1-3-5-6/h1-10,18H,11-14H2;6-7H,1-5H2,(H,8,9,10). The highest BCUT2D eigenvalue weighted by Crippen LogP contribution is 2.37. The third-order valence-corrected chi connectivity index (χ3v) is 6.31. The topological polar surface area (TPSA) is 87.7 Å². The lowest BCUT2D eigenvalue weighted by molar-refractivity contribution is -0.00933. The van der Waals surface area contributed by atoms with E-state index in [1.54, 1.807) is 0 Å². The Bertz CT molecular complexity index is 804. The van der Waals surface area contributed by atoms with Gasteiger partial charge in [0.15, 0.2) is 0 Å². The Kier molecular flexibility index (Phi) is 8.41. The van der Waals surface area contributed by atoms with Crippen LogP contribution in [-0.4, -0.2) is 38.7 Å². The van der Waals surface area contributed by atoms with Crippen LogP contribution in [0, 0.1) is 0 Å². The average Bonchev–Trinajstić information content (AvgIpc) is 3.02. The molecule has 1 aliphatic heterocycles. The minimum atomic E-state index is -3.97. The molecule has 0 aromatic heterocycles. The lowest BCUT2D eigenvalue weighted by Gasteiger charge is -2.33. The summed E-state index contributed by atoms with van der Waals surface area (Å²) in [7, 11) is -3.97. The first-order valence-electron chi connectivity index (χ1n) is 10.7. The molecule has 0 bridgehead atoms. The lowest BCUT2D eigenvalue weighted by Crippen LogP contribution is -2.35. The van der Waals surface area contributed by atoms with E-state index in [4.69, 9.17) is 9.29 Å². The van der Waals surface area contributed by atoms with Crippen LogP contribution in [0.2, 0.25) is 0 Å². The first-order valence-corrected chi connectivity index (χ1v) is 12.1. The van der Waals surface area contributed by atoms with Gasteiger partial charge in [-0.2, -0.15) is 13.1 Å². The highest BCUT2D eigenvalue weighted by atomic mass is 32.2. The maximum absolute atomic E-state index is 10.3. The maximum atomic E-state index is 10.3. The first kappa shape index (κ1) is 22.9. The van der Waals surface area contributed by atoms with Gasteiger partial charge in [-0.25, -0.2) is 0 Å². The fourth-order valence-corrected chi connectivity index (χ4v) is 4.88. The van der Waals surface area contributed by atoms with Crippen LogP contribution < -0.4 is 10.0 Å². The Morgan fingerprint density at radius 1 is 0.900 bits per heavy atom. The molecule has 6 nitrogen and oxygen atoms in total. The molecular formula is C23H32N2O4S. The van der Waals surface area contributed by atoms with Crippen LogP contribution >= 0.6 is 0 Å². The zero-order valence-electron chi connectivity index (χ0n) is 17.3. The summed E-state index contributed by atoms with van der Waals surface area (Å²) in [6.45, 7) is 2.63. The highest BCUT2D eigenvalue weighted by Gasteiger charge is 2.35. The highest BCUT2D eigenvalue weighted by molar-refractivity contribution is 7.83. The number of ether oxygens (including phenoxy) is 1. The summed E-state index contributed by atoms with van der Waals surface area (Å²) < 4.78 is 37.6. The molecule has 30 heavy (non-hydrogen) atoms. The van der Waals surface area contributed by atoms with Crippen molar-refractivity contribution in [2.75, 3.05) is 19.7 Å². The molecule has 2 aromatic rings. The zero-order chi connectivity index (χ0) is 21.3. The van der Waals surface area contributed by atoms with Crippen molar-refractivity contribution in [3.05, 3.63) is 71.8 Å². The van der Waals surface area contributed by atoms with Crippen LogP contribution in [0.4, 0.5) is 0 Å². The summed E-state index contributed by atoms with van der Waals surface area (Å²) >= 11 is 0. The molecule has 1 heterocycles. The summed E-state index contributed by atoms with van der Waals surface area (Å²) in [5.74, 6) is 0. The van der Waals surface area contributed by atoms with Crippen molar-refractivity contribution >= 4 is 10.3 Å². The fraction of sp³-hybridized carbons (Fsp3) is 0.478. The Hall–Kier alpha value is -1.77. The van der Waals surface area contributed by atoms with Crippen LogP contribution in [0.3, 0.4) is 0 Å². The first-order chi connectivity index (χ1) is 14.5. The number of benzene rings is 2. The molecule has 0 amide bonds. The van der Waals surface area contributed by atoms with E-state index in [2.05, 4.69) is 70.7 Å². The molecule has 164 valence electrons. The number of nitrogens with one attached hydrogen (secondary N) is 2. The van der Waals surface area contributed by atoms with E-state index in [1.807, 2.05) is 0 Å². The van der Waals surface area contributed by atoms with Gasteiger partial charge >= 0.3 is 10.3 Å². The molecule has 7 heteroatoms. The van der Waals surface area contributed by atoms with Gasteiger partial charge in [0.25, 0.3) is 0 Å². The molecule has 1 saturated carbocycles. The van der Waals surface area contributed by atoms with Gasteiger partial charge in [-0.15, -0.1) is 0 Å². The summed E-state index contributed by atoms with van der Waals surface area (Å²) in [5.41, 5.74) is 2.17. The second-order valence-electron chi connectivity index (χ2n) is 7.84.